The van der Waals surface area contributed by atoms with Crippen molar-refractivity contribution in [3.05, 3.63) is 65.7 Å². The fraction of sp³-hybridized carbons (Fsp3) is 0.0833. The average molecular weight is 443 g/mol. The van der Waals surface area contributed by atoms with E-state index in [2.05, 4.69) is 94.1 Å². The Bertz CT molecular complexity index is 368. The maximum absolute atomic E-state index is 3.27. The van der Waals surface area contributed by atoms with Crippen molar-refractivity contribution in [1.29, 1.82) is 0 Å². The Kier molecular flexibility index (Phi) is 8.10. The van der Waals surface area contributed by atoms with Crippen molar-refractivity contribution in [2.24, 2.45) is 0 Å². The van der Waals surface area contributed by atoms with Crippen LogP contribution < -0.4 is 0 Å². The third kappa shape index (κ3) is 7.13. The van der Waals surface area contributed by atoms with Gasteiger partial charge >= 0.3 is 51.1 Å². The Labute approximate surface area is 122 Å². The molecule has 0 atom stereocenters. The third-order valence-corrected chi connectivity index (χ3v) is 1.98. The van der Waals surface area contributed by atoms with Crippen LogP contribution >= 0.6 is 39.5 Å². The Morgan fingerprint density at radius 2 is 1.38 bits per heavy atom. The van der Waals surface area contributed by atoms with Crippen LogP contribution in [-0.4, -0.2) is 0 Å². The van der Waals surface area contributed by atoms with Gasteiger partial charge in [-0.1, -0.05) is 35.9 Å². The minimum Gasteiger partial charge on any atom is -0.213 e. The number of rotatable bonds is 2. The van der Waals surface area contributed by atoms with E-state index in [0.29, 0.717) is 0 Å². The molecule has 0 aliphatic carbocycles. The van der Waals surface area contributed by atoms with Gasteiger partial charge < -0.3 is 0 Å². The monoisotopic (exact) mass is 440 g/mol. The van der Waals surface area contributed by atoms with Crippen LogP contribution in [0.5, 0.6) is 0 Å². The summed E-state index contributed by atoms with van der Waals surface area (Å²) in [6.07, 6.45) is 1.05. The molecule has 0 unspecified atom stereocenters. The minimum atomic E-state index is -0.896. The zero-order valence-corrected chi connectivity index (χ0v) is 14.9. The number of hydrogen-bond acceptors (Lipinski definition) is 0. The Morgan fingerprint density at radius 3 is 1.88 bits per heavy atom. The summed E-state index contributed by atoms with van der Waals surface area (Å²) in [5, 5.41) is 0. The fourth-order valence-corrected chi connectivity index (χ4v) is 1.36. The molecule has 2 rings (SSSR count). The van der Waals surface area contributed by atoms with Gasteiger partial charge in [-0.3, -0.25) is 0 Å². The van der Waals surface area contributed by atoms with E-state index in [1.54, 1.807) is 0 Å². The first-order chi connectivity index (χ1) is 7.68. The van der Waals surface area contributed by atoms with E-state index < -0.39 is 11.6 Å². The summed E-state index contributed by atoms with van der Waals surface area (Å²) in [5.74, 6) is 0. The van der Waals surface area contributed by atoms with Crippen molar-refractivity contribution < 1.29 is 11.6 Å². The molecule has 0 saturated heterocycles. The average Bonchev–Trinajstić information content (AvgIpc) is 2.71. The second-order valence-electron chi connectivity index (χ2n) is 3.17. The van der Waals surface area contributed by atoms with Gasteiger partial charge in [0.05, 0.1) is 0 Å². The predicted octanol–water partition coefficient (Wildman–Crippen LogP) is 5.53. The van der Waals surface area contributed by atoms with E-state index in [1.165, 1.54) is 11.1 Å². The van der Waals surface area contributed by atoms with E-state index in [-0.39, 0.29) is 0 Å². The molecule has 0 spiro atoms. The van der Waals surface area contributed by atoms with Gasteiger partial charge in [0.2, 0.25) is 0 Å². The second kappa shape index (κ2) is 8.76. The SMILES string of the molecule is [Br][Ti+]([Br])[Br].c1ccc(C[c-]2cccc2)cc1. The molecule has 16 heavy (non-hydrogen) atoms. The zero-order chi connectivity index (χ0) is 11.8. The normalized spacial score (nSPS) is 9.19. The van der Waals surface area contributed by atoms with Crippen LogP contribution in [0.15, 0.2) is 54.6 Å². The Hall–Kier alpha value is 0.724. The molecule has 0 radical (unpaired) electrons. The first kappa shape index (κ1) is 14.8. The second-order valence-corrected chi connectivity index (χ2v) is 26.8. The third-order valence-electron chi connectivity index (χ3n) is 1.98. The van der Waals surface area contributed by atoms with Crippen LogP contribution in [0.3, 0.4) is 0 Å². The van der Waals surface area contributed by atoms with Crippen LogP contribution in [0.1, 0.15) is 11.1 Å². The summed E-state index contributed by atoms with van der Waals surface area (Å²) in [6.45, 7) is 0. The van der Waals surface area contributed by atoms with Crippen LogP contribution in [0.4, 0.5) is 0 Å². The minimum absolute atomic E-state index is 0.896. The standard InChI is InChI=1S/C12H11.3BrH.Ti/c1-2-6-11(7-3-1)10-12-8-4-5-9-12;;;;/h1-9H,10H2;3*1H;/q-1;;;;+4/p-3. The van der Waals surface area contributed by atoms with Gasteiger partial charge in [-0.15, -0.1) is 0 Å². The zero-order valence-electron chi connectivity index (χ0n) is 8.54. The van der Waals surface area contributed by atoms with E-state index in [9.17, 15) is 0 Å². The molecular weight excluding hydrogens is 432 g/mol. The molecule has 0 amide bonds. The molecule has 0 fully saturated rings. The molecule has 0 aliphatic rings. The molecule has 0 saturated carbocycles. The summed E-state index contributed by atoms with van der Waals surface area (Å²) in [4.78, 5) is 0. The molecule has 2 aromatic rings. The summed E-state index contributed by atoms with van der Waals surface area (Å²) in [5.41, 5.74) is 2.77. The fourth-order valence-electron chi connectivity index (χ4n) is 1.36. The number of halogens is 3. The van der Waals surface area contributed by atoms with Crippen LogP contribution in [-0.2, 0) is 18.0 Å². The predicted molar refractivity (Wildman–Crippen MR) is 78.1 cm³/mol. The van der Waals surface area contributed by atoms with E-state index in [1.807, 2.05) is 0 Å². The van der Waals surface area contributed by atoms with Crippen molar-refractivity contribution >= 4 is 39.5 Å². The molecule has 2 aromatic carbocycles. The molecule has 0 N–H and O–H groups in total. The van der Waals surface area contributed by atoms with Crippen molar-refractivity contribution in [2.45, 2.75) is 6.42 Å². The molecule has 4 heteroatoms. The molecular formula is C12H11Br3Ti. The molecule has 84 valence electrons. The molecule has 0 heterocycles. The topological polar surface area (TPSA) is 0 Å². The summed E-state index contributed by atoms with van der Waals surface area (Å²) in [7, 11) is 0. The van der Waals surface area contributed by atoms with Crippen LogP contribution in [0.25, 0.3) is 0 Å². The van der Waals surface area contributed by atoms with Gasteiger partial charge in [-0.2, -0.15) is 17.7 Å². The molecule has 0 aromatic heterocycles. The number of benzene rings is 1. The Morgan fingerprint density at radius 1 is 0.875 bits per heavy atom. The maximum atomic E-state index is 3.27. The van der Waals surface area contributed by atoms with Gasteiger partial charge in [0.15, 0.2) is 0 Å². The van der Waals surface area contributed by atoms with E-state index >= 15 is 0 Å². The Balaban J connectivity index is 0.000000280. The summed E-state index contributed by atoms with van der Waals surface area (Å²) in [6, 6.07) is 19.0. The van der Waals surface area contributed by atoms with Crippen molar-refractivity contribution in [3.63, 3.8) is 0 Å². The van der Waals surface area contributed by atoms with Crippen LogP contribution in [0.2, 0.25) is 0 Å². The van der Waals surface area contributed by atoms with Gasteiger partial charge in [-0.25, -0.2) is 12.1 Å². The maximum Gasteiger partial charge on any atom is -0.0485 e. The van der Waals surface area contributed by atoms with Crippen molar-refractivity contribution in [1.82, 2.24) is 0 Å². The largest absolute Gasteiger partial charge is 0.213 e. The van der Waals surface area contributed by atoms with Gasteiger partial charge in [-0.05, 0) is 6.42 Å². The summed E-state index contributed by atoms with van der Waals surface area (Å²) < 4.78 is 0. The molecule has 0 bridgehead atoms. The molecule has 0 aliphatic heterocycles. The molecule has 0 nitrogen and oxygen atoms in total. The van der Waals surface area contributed by atoms with Gasteiger partial charge in [0.25, 0.3) is 0 Å². The smallest absolute Gasteiger partial charge is 0.0485 e. The van der Waals surface area contributed by atoms with Gasteiger partial charge in [0.1, 0.15) is 0 Å². The number of hydrogen-bond donors (Lipinski definition) is 0. The van der Waals surface area contributed by atoms with E-state index in [0.717, 1.165) is 6.42 Å². The quantitative estimate of drug-likeness (QED) is 0.424. The first-order valence-electron chi connectivity index (χ1n) is 4.76. The first-order valence-corrected chi connectivity index (χ1v) is 16.3. The van der Waals surface area contributed by atoms with Gasteiger partial charge in [0, 0.05) is 0 Å². The van der Waals surface area contributed by atoms with E-state index in [4.69, 9.17) is 0 Å². The van der Waals surface area contributed by atoms with Crippen molar-refractivity contribution in [3.8, 4) is 0 Å². The summed E-state index contributed by atoms with van der Waals surface area (Å²) >= 11 is 8.92. The van der Waals surface area contributed by atoms with Crippen molar-refractivity contribution in [2.75, 3.05) is 0 Å². The van der Waals surface area contributed by atoms with Crippen LogP contribution in [0, 0.1) is 0 Å².